The molecular weight excluding hydrogens is 323 g/mol. The molecule has 0 fully saturated rings. The Labute approximate surface area is 148 Å². The van der Waals surface area contributed by atoms with Crippen LogP contribution in [0.25, 0.3) is 0 Å². The summed E-state index contributed by atoms with van der Waals surface area (Å²) in [6.45, 7) is 8.64. The summed E-state index contributed by atoms with van der Waals surface area (Å²) in [5.41, 5.74) is 1.18. The molecule has 140 valence electrons. The van der Waals surface area contributed by atoms with Crippen molar-refractivity contribution in [2.75, 3.05) is 13.2 Å². The fourth-order valence-electron chi connectivity index (χ4n) is 2.87. The second-order valence-electron chi connectivity index (χ2n) is 7.07. The summed E-state index contributed by atoms with van der Waals surface area (Å²) in [7, 11) is -2.77. The second kappa shape index (κ2) is 10.5. The maximum atomic E-state index is 14.3. The van der Waals surface area contributed by atoms with Crippen molar-refractivity contribution in [1.29, 1.82) is 0 Å². The average molecular weight is 359 g/mol. The zero-order valence-electron chi connectivity index (χ0n) is 15.9. The molecular formula is C19H35FO3Si. The SMILES string of the molecule is CCCCOC(O)(CCCC1=C([Si](C)(C)F)C=CC1)OCCCC. The number of hydrogen-bond acceptors (Lipinski definition) is 3. The first-order chi connectivity index (χ1) is 11.3. The fourth-order valence-corrected chi connectivity index (χ4v) is 4.45. The summed E-state index contributed by atoms with van der Waals surface area (Å²) in [5, 5.41) is 11.5. The maximum Gasteiger partial charge on any atom is 0.280 e. The largest absolute Gasteiger partial charge is 0.343 e. The van der Waals surface area contributed by atoms with Crippen LogP contribution in [0.5, 0.6) is 0 Å². The van der Waals surface area contributed by atoms with Gasteiger partial charge in [-0.1, -0.05) is 44.4 Å². The third-order valence-electron chi connectivity index (χ3n) is 4.29. The van der Waals surface area contributed by atoms with E-state index in [0.29, 0.717) is 19.6 Å². The number of unbranched alkanes of at least 4 members (excludes halogenated alkanes) is 2. The third kappa shape index (κ3) is 7.60. The first kappa shape index (κ1) is 21.5. The second-order valence-corrected chi connectivity index (χ2v) is 10.6. The Balaban J connectivity index is 2.54. The van der Waals surface area contributed by atoms with Crippen LogP contribution in [-0.4, -0.2) is 32.7 Å². The van der Waals surface area contributed by atoms with Gasteiger partial charge in [-0.05, 0) is 50.4 Å². The normalized spacial score (nSPS) is 15.6. The zero-order chi connectivity index (χ0) is 18.1. The van der Waals surface area contributed by atoms with Crippen LogP contribution in [0.3, 0.4) is 0 Å². The van der Waals surface area contributed by atoms with Crippen LogP contribution in [0.4, 0.5) is 4.11 Å². The van der Waals surface area contributed by atoms with Crippen LogP contribution in [0.15, 0.2) is 22.9 Å². The fraction of sp³-hybridized carbons (Fsp3) is 0.789. The van der Waals surface area contributed by atoms with Crippen LogP contribution in [0, 0.1) is 0 Å². The van der Waals surface area contributed by atoms with Gasteiger partial charge in [0.25, 0.3) is 14.4 Å². The Bertz CT molecular complexity index is 417. The summed E-state index contributed by atoms with van der Waals surface area (Å²) in [6.07, 6.45) is 10.6. The van der Waals surface area contributed by atoms with Gasteiger partial charge in [0.05, 0.1) is 13.2 Å². The maximum absolute atomic E-state index is 14.3. The van der Waals surface area contributed by atoms with Gasteiger partial charge in [0, 0.05) is 6.42 Å². The van der Waals surface area contributed by atoms with Crippen molar-refractivity contribution in [3.05, 3.63) is 22.9 Å². The minimum Gasteiger partial charge on any atom is -0.343 e. The zero-order valence-corrected chi connectivity index (χ0v) is 16.9. The van der Waals surface area contributed by atoms with Gasteiger partial charge in [-0.2, -0.15) is 0 Å². The quantitative estimate of drug-likeness (QED) is 0.207. The van der Waals surface area contributed by atoms with E-state index in [1.54, 1.807) is 13.1 Å². The van der Waals surface area contributed by atoms with Crippen LogP contribution in [0.2, 0.25) is 13.1 Å². The molecule has 0 aliphatic heterocycles. The Morgan fingerprint density at radius 3 is 2.21 bits per heavy atom. The lowest BCUT2D eigenvalue weighted by molar-refractivity contribution is -0.363. The predicted molar refractivity (Wildman–Crippen MR) is 99.9 cm³/mol. The number of halogens is 1. The Morgan fingerprint density at radius 1 is 1.12 bits per heavy atom. The van der Waals surface area contributed by atoms with Crippen molar-refractivity contribution in [3.63, 3.8) is 0 Å². The van der Waals surface area contributed by atoms with Gasteiger partial charge in [0.15, 0.2) is 0 Å². The molecule has 0 unspecified atom stereocenters. The van der Waals surface area contributed by atoms with Gasteiger partial charge < -0.3 is 18.7 Å². The lowest BCUT2D eigenvalue weighted by Gasteiger charge is -2.28. The van der Waals surface area contributed by atoms with Gasteiger partial charge >= 0.3 is 0 Å². The molecule has 0 aromatic carbocycles. The summed E-state index contributed by atoms with van der Waals surface area (Å²) in [4.78, 5) is 0. The molecule has 24 heavy (non-hydrogen) atoms. The molecule has 0 saturated carbocycles. The number of rotatable bonds is 13. The van der Waals surface area contributed by atoms with Crippen molar-refractivity contribution in [2.24, 2.45) is 0 Å². The minimum atomic E-state index is -2.77. The smallest absolute Gasteiger partial charge is 0.280 e. The monoisotopic (exact) mass is 358 g/mol. The lowest BCUT2D eigenvalue weighted by Crippen LogP contribution is -2.36. The van der Waals surface area contributed by atoms with Gasteiger partial charge in [-0.15, -0.1) is 0 Å². The van der Waals surface area contributed by atoms with Crippen LogP contribution < -0.4 is 0 Å². The number of aliphatic hydroxyl groups is 1. The highest BCUT2D eigenvalue weighted by Gasteiger charge is 2.31. The number of hydrogen-bond donors (Lipinski definition) is 1. The standard InChI is InChI=1S/C19H35FO3Si/c1-5-7-15-22-19(21,23-16-8-6-2)14-10-12-17-11-9-13-18(17)24(3,4)20/h9,13,21H,5-8,10-12,14-16H2,1-4H3. The van der Waals surface area contributed by atoms with Gasteiger partial charge in [0.1, 0.15) is 0 Å². The highest BCUT2D eigenvalue weighted by Crippen LogP contribution is 2.32. The Morgan fingerprint density at radius 2 is 1.71 bits per heavy atom. The van der Waals surface area contributed by atoms with Crippen molar-refractivity contribution >= 4 is 8.41 Å². The molecule has 0 radical (unpaired) electrons. The van der Waals surface area contributed by atoms with E-state index >= 15 is 0 Å². The van der Waals surface area contributed by atoms with E-state index in [-0.39, 0.29) is 0 Å². The molecule has 5 heteroatoms. The van der Waals surface area contributed by atoms with Crippen molar-refractivity contribution < 1.29 is 18.7 Å². The van der Waals surface area contributed by atoms with E-state index in [9.17, 15) is 9.21 Å². The Kier molecular flexibility index (Phi) is 9.42. The van der Waals surface area contributed by atoms with Crippen LogP contribution >= 0.6 is 0 Å². The molecule has 0 aromatic heterocycles. The van der Waals surface area contributed by atoms with Gasteiger partial charge in [0.2, 0.25) is 0 Å². The number of allylic oxidation sites excluding steroid dienone is 4. The van der Waals surface area contributed by atoms with E-state index in [0.717, 1.165) is 50.1 Å². The molecule has 0 saturated heterocycles. The summed E-state index contributed by atoms with van der Waals surface area (Å²) in [5.74, 6) is -1.50. The molecule has 3 nitrogen and oxygen atoms in total. The van der Waals surface area contributed by atoms with E-state index < -0.39 is 14.4 Å². The van der Waals surface area contributed by atoms with Crippen LogP contribution in [-0.2, 0) is 9.47 Å². The topological polar surface area (TPSA) is 38.7 Å². The summed E-state index contributed by atoms with van der Waals surface area (Å²) in [6, 6.07) is 0. The molecule has 0 aromatic rings. The van der Waals surface area contributed by atoms with Gasteiger partial charge in [-0.25, -0.2) is 0 Å². The van der Waals surface area contributed by atoms with Crippen LogP contribution in [0.1, 0.15) is 65.2 Å². The van der Waals surface area contributed by atoms with E-state index in [1.807, 2.05) is 12.2 Å². The highest BCUT2D eigenvalue weighted by molar-refractivity contribution is 6.78. The summed E-state index contributed by atoms with van der Waals surface area (Å²) < 4.78 is 25.6. The third-order valence-corrected chi connectivity index (χ3v) is 6.09. The molecule has 1 N–H and O–H groups in total. The number of ether oxygens (including phenoxy) is 2. The first-order valence-electron chi connectivity index (χ1n) is 9.40. The Hall–Kier alpha value is -0.493. The van der Waals surface area contributed by atoms with Crippen molar-refractivity contribution in [2.45, 2.75) is 84.3 Å². The minimum absolute atomic E-state index is 0.422. The molecule has 0 heterocycles. The van der Waals surface area contributed by atoms with Crippen molar-refractivity contribution in [3.8, 4) is 0 Å². The van der Waals surface area contributed by atoms with Gasteiger partial charge in [-0.3, -0.25) is 0 Å². The van der Waals surface area contributed by atoms with E-state index in [1.165, 1.54) is 5.57 Å². The van der Waals surface area contributed by atoms with E-state index in [2.05, 4.69) is 13.8 Å². The molecule has 0 spiro atoms. The first-order valence-corrected chi connectivity index (χ1v) is 12.3. The molecule has 1 aliphatic rings. The summed E-state index contributed by atoms with van der Waals surface area (Å²) >= 11 is 0. The molecule has 1 aliphatic carbocycles. The predicted octanol–water partition coefficient (Wildman–Crippen LogP) is 5.41. The van der Waals surface area contributed by atoms with Crippen molar-refractivity contribution in [1.82, 2.24) is 0 Å². The average Bonchev–Trinajstić information content (AvgIpc) is 2.96. The molecule has 0 bridgehead atoms. The molecule has 1 rings (SSSR count). The van der Waals surface area contributed by atoms with E-state index in [4.69, 9.17) is 9.47 Å². The highest BCUT2D eigenvalue weighted by atomic mass is 28.4. The lowest BCUT2D eigenvalue weighted by atomic mass is 10.1. The molecule has 0 amide bonds. The molecule has 0 atom stereocenters.